The number of rotatable bonds is 3. The van der Waals surface area contributed by atoms with Crippen LogP contribution < -0.4 is 10.9 Å². The standard InChI is InChI=1S/C15H14N2O4/c1-9-3-4-12(11(7-9)15(20)21)16-14(19)10-5-6-17(2)13(18)8-10/h3-8H,1-2H3,(H,16,19)(H,20,21). The summed E-state index contributed by atoms with van der Waals surface area (Å²) >= 11 is 0. The van der Waals surface area contributed by atoms with Crippen LogP contribution in [0.25, 0.3) is 0 Å². The number of nitrogens with one attached hydrogen (secondary N) is 1. The molecular weight excluding hydrogens is 272 g/mol. The zero-order valence-corrected chi connectivity index (χ0v) is 11.6. The van der Waals surface area contributed by atoms with Crippen molar-refractivity contribution in [2.45, 2.75) is 6.92 Å². The van der Waals surface area contributed by atoms with Crippen LogP contribution in [0.15, 0.2) is 41.3 Å². The second-order valence-electron chi connectivity index (χ2n) is 4.67. The van der Waals surface area contributed by atoms with Crippen molar-refractivity contribution in [2.75, 3.05) is 5.32 Å². The summed E-state index contributed by atoms with van der Waals surface area (Å²) in [6.45, 7) is 1.76. The van der Waals surface area contributed by atoms with Crippen molar-refractivity contribution in [3.63, 3.8) is 0 Å². The number of aromatic nitrogens is 1. The summed E-state index contributed by atoms with van der Waals surface area (Å²) in [6.07, 6.45) is 1.48. The van der Waals surface area contributed by atoms with Crippen LogP contribution in [0.5, 0.6) is 0 Å². The van der Waals surface area contributed by atoms with Crippen LogP contribution in [-0.2, 0) is 7.05 Å². The number of carbonyl (C=O) groups is 2. The van der Waals surface area contributed by atoms with Gasteiger partial charge in [-0.3, -0.25) is 9.59 Å². The van der Waals surface area contributed by atoms with E-state index >= 15 is 0 Å². The molecule has 0 spiro atoms. The van der Waals surface area contributed by atoms with Crippen LogP contribution in [-0.4, -0.2) is 21.6 Å². The number of hydrogen-bond donors (Lipinski definition) is 2. The van der Waals surface area contributed by atoms with Gasteiger partial charge in [0, 0.05) is 24.9 Å². The van der Waals surface area contributed by atoms with Crippen molar-refractivity contribution in [3.8, 4) is 0 Å². The maximum Gasteiger partial charge on any atom is 0.337 e. The van der Waals surface area contributed by atoms with Crippen molar-refractivity contribution in [3.05, 3.63) is 63.6 Å². The van der Waals surface area contributed by atoms with E-state index in [2.05, 4.69) is 5.32 Å². The Balaban J connectivity index is 2.33. The number of carbonyl (C=O) groups excluding carboxylic acids is 1. The monoisotopic (exact) mass is 286 g/mol. The molecule has 0 aliphatic carbocycles. The van der Waals surface area contributed by atoms with Crippen LogP contribution in [0.2, 0.25) is 0 Å². The Labute approximate surface area is 120 Å². The van der Waals surface area contributed by atoms with E-state index in [1.165, 1.54) is 35.0 Å². The zero-order valence-electron chi connectivity index (χ0n) is 11.6. The van der Waals surface area contributed by atoms with Crippen molar-refractivity contribution in [1.82, 2.24) is 4.57 Å². The summed E-state index contributed by atoms with van der Waals surface area (Å²) in [5, 5.41) is 11.7. The summed E-state index contributed by atoms with van der Waals surface area (Å²) in [5.74, 6) is -1.66. The van der Waals surface area contributed by atoms with Crippen LogP contribution in [0.4, 0.5) is 5.69 Å². The summed E-state index contributed by atoms with van der Waals surface area (Å²) in [6, 6.07) is 7.39. The predicted octanol–water partition coefficient (Wildman–Crippen LogP) is 1.64. The summed E-state index contributed by atoms with van der Waals surface area (Å²) in [4.78, 5) is 34.8. The number of nitrogens with zero attached hydrogens (tertiary/aromatic N) is 1. The highest BCUT2D eigenvalue weighted by Crippen LogP contribution is 2.18. The Morgan fingerprint density at radius 1 is 1.19 bits per heavy atom. The average molecular weight is 286 g/mol. The quantitative estimate of drug-likeness (QED) is 0.897. The number of aromatic carboxylic acids is 1. The molecule has 2 rings (SSSR count). The fourth-order valence-corrected chi connectivity index (χ4v) is 1.83. The van der Waals surface area contributed by atoms with Crippen molar-refractivity contribution in [1.29, 1.82) is 0 Å². The van der Waals surface area contributed by atoms with Crippen molar-refractivity contribution < 1.29 is 14.7 Å². The Morgan fingerprint density at radius 2 is 1.90 bits per heavy atom. The molecule has 2 aromatic rings. The van der Waals surface area contributed by atoms with Crippen LogP contribution >= 0.6 is 0 Å². The van der Waals surface area contributed by atoms with E-state index in [1.54, 1.807) is 20.0 Å². The molecular formula is C15H14N2O4. The van der Waals surface area contributed by atoms with Gasteiger partial charge in [0.15, 0.2) is 0 Å². The lowest BCUT2D eigenvalue weighted by molar-refractivity contribution is 0.0698. The van der Waals surface area contributed by atoms with Gasteiger partial charge in [-0.2, -0.15) is 0 Å². The first-order valence-electron chi connectivity index (χ1n) is 6.20. The summed E-state index contributed by atoms with van der Waals surface area (Å²) < 4.78 is 1.34. The molecule has 6 heteroatoms. The molecule has 0 aliphatic heterocycles. The fraction of sp³-hybridized carbons (Fsp3) is 0.133. The molecule has 0 unspecified atom stereocenters. The van der Waals surface area contributed by atoms with Gasteiger partial charge in [-0.25, -0.2) is 4.79 Å². The van der Waals surface area contributed by atoms with E-state index < -0.39 is 11.9 Å². The molecule has 21 heavy (non-hydrogen) atoms. The van der Waals surface area contributed by atoms with Gasteiger partial charge in [0.25, 0.3) is 11.5 Å². The molecule has 0 saturated heterocycles. The van der Waals surface area contributed by atoms with E-state index in [9.17, 15) is 14.4 Å². The minimum Gasteiger partial charge on any atom is -0.478 e. The Kier molecular flexibility index (Phi) is 3.89. The van der Waals surface area contributed by atoms with E-state index in [4.69, 9.17) is 5.11 Å². The third kappa shape index (κ3) is 3.17. The molecule has 0 aliphatic rings. The first kappa shape index (κ1) is 14.5. The van der Waals surface area contributed by atoms with E-state index in [0.29, 0.717) is 0 Å². The lowest BCUT2D eigenvalue weighted by Gasteiger charge is -2.09. The molecule has 0 fully saturated rings. The third-order valence-corrected chi connectivity index (χ3v) is 3.02. The van der Waals surface area contributed by atoms with E-state index in [-0.39, 0.29) is 22.4 Å². The topological polar surface area (TPSA) is 88.4 Å². The van der Waals surface area contributed by atoms with Gasteiger partial charge in [-0.05, 0) is 25.1 Å². The average Bonchev–Trinajstić information content (AvgIpc) is 2.43. The largest absolute Gasteiger partial charge is 0.478 e. The number of carboxylic acid groups (broad SMARTS) is 1. The van der Waals surface area contributed by atoms with Gasteiger partial charge in [0.05, 0.1) is 11.3 Å². The van der Waals surface area contributed by atoms with Gasteiger partial charge < -0.3 is 15.0 Å². The third-order valence-electron chi connectivity index (χ3n) is 3.02. The highest BCUT2D eigenvalue weighted by molar-refractivity contribution is 6.07. The van der Waals surface area contributed by atoms with Crippen LogP contribution in [0.3, 0.4) is 0 Å². The maximum atomic E-state index is 12.1. The van der Waals surface area contributed by atoms with Gasteiger partial charge in [-0.1, -0.05) is 11.6 Å². The Bertz CT molecular complexity index is 777. The second-order valence-corrected chi connectivity index (χ2v) is 4.67. The molecule has 1 aromatic heterocycles. The Morgan fingerprint density at radius 3 is 2.52 bits per heavy atom. The van der Waals surface area contributed by atoms with Gasteiger partial charge in [-0.15, -0.1) is 0 Å². The number of hydrogen-bond acceptors (Lipinski definition) is 3. The fourth-order valence-electron chi connectivity index (χ4n) is 1.83. The SMILES string of the molecule is Cc1ccc(NC(=O)c2ccn(C)c(=O)c2)c(C(=O)O)c1. The van der Waals surface area contributed by atoms with Crippen molar-refractivity contribution in [2.24, 2.45) is 7.05 Å². The molecule has 2 N–H and O–H groups in total. The smallest absolute Gasteiger partial charge is 0.337 e. The first-order valence-corrected chi connectivity index (χ1v) is 6.20. The first-order chi connectivity index (χ1) is 9.88. The number of amides is 1. The molecule has 108 valence electrons. The molecule has 6 nitrogen and oxygen atoms in total. The number of anilines is 1. The maximum absolute atomic E-state index is 12.1. The lowest BCUT2D eigenvalue weighted by Crippen LogP contribution is -2.20. The molecule has 1 heterocycles. The molecule has 1 aromatic carbocycles. The number of pyridine rings is 1. The number of aryl methyl sites for hydroxylation is 2. The highest BCUT2D eigenvalue weighted by atomic mass is 16.4. The van der Waals surface area contributed by atoms with Crippen LogP contribution in [0, 0.1) is 6.92 Å². The number of carboxylic acids is 1. The minimum atomic E-state index is -1.13. The molecule has 0 radical (unpaired) electrons. The zero-order chi connectivity index (χ0) is 15.6. The highest BCUT2D eigenvalue weighted by Gasteiger charge is 2.14. The number of benzene rings is 1. The molecule has 0 atom stereocenters. The molecule has 0 bridgehead atoms. The normalized spacial score (nSPS) is 10.2. The minimum absolute atomic E-state index is 0.00665. The van der Waals surface area contributed by atoms with Crippen molar-refractivity contribution >= 4 is 17.6 Å². The van der Waals surface area contributed by atoms with Gasteiger partial charge in [0.1, 0.15) is 0 Å². The van der Waals surface area contributed by atoms with Gasteiger partial charge in [0.2, 0.25) is 0 Å². The van der Waals surface area contributed by atoms with Gasteiger partial charge >= 0.3 is 5.97 Å². The Hall–Kier alpha value is -2.89. The van der Waals surface area contributed by atoms with Crippen LogP contribution in [0.1, 0.15) is 26.3 Å². The lowest BCUT2D eigenvalue weighted by atomic mass is 10.1. The molecule has 0 saturated carbocycles. The summed E-state index contributed by atoms with van der Waals surface area (Å²) in [7, 11) is 1.58. The second kappa shape index (κ2) is 5.62. The summed E-state index contributed by atoms with van der Waals surface area (Å²) in [5.41, 5.74) is 0.838. The van der Waals surface area contributed by atoms with E-state index in [0.717, 1.165) is 5.56 Å². The molecule has 1 amide bonds. The predicted molar refractivity (Wildman–Crippen MR) is 77.8 cm³/mol. The van der Waals surface area contributed by atoms with E-state index in [1.807, 2.05) is 0 Å².